The van der Waals surface area contributed by atoms with E-state index in [0.29, 0.717) is 23.8 Å². The Balaban J connectivity index is 1.50. The number of carbonyl (C=O) groups excluding carboxylic acids is 2. The van der Waals surface area contributed by atoms with Crippen LogP contribution in [0.15, 0.2) is 53.9 Å². The average molecular weight is 559 g/mol. The molecule has 7 nitrogen and oxygen atoms in total. The van der Waals surface area contributed by atoms with Crippen molar-refractivity contribution in [1.29, 1.82) is 0 Å². The van der Waals surface area contributed by atoms with Crippen LogP contribution >= 0.6 is 35.1 Å². The van der Waals surface area contributed by atoms with Crippen LogP contribution in [0.3, 0.4) is 0 Å². The minimum atomic E-state index is -0.512. The van der Waals surface area contributed by atoms with Crippen LogP contribution in [-0.2, 0) is 23.2 Å². The standard InChI is InChI=1S/C27H31ClN4O3S2/c1-31(2)37-30-25(33)23-18-36-24(29-23)17-32(15-5-7-19-6-4-8-21(28)16-19)26(34)27(13-14-27)20-9-11-22(35-3)12-10-20/h4,6,8-12,16,18H,5,7,13-15,17H2,1-3H3,(H,30,33). The number of ether oxygens (including phenoxy) is 1. The van der Waals surface area contributed by atoms with Crippen molar-refractivity contribution in [2.24, 2.45) is 0 Å². The summed E-state index contributed by atoms with van der Waals surface area (Å²) in [6.07, 6.45) is 3.24. The lowest BCUT2D eigenvalue weighted by Gasteiger charge is -2.27. The van der Waals surface area contributed by atoms with Crippen LogP contribution in [0.5, 0.6) is 5.75 Å². The first-order valence-electron chi connectivity index (χ1n) is 12.1. The van der Waals surface area contributed by atoms with Crippen LogP contribution in [-0.4, -0.2) is 53.8 Å². The number of methoxy groups -OCH3 is 1. The van der Waals surface area contributed by atoms with E-state index in [9.17, 15) is 9.59 Å². The smallest absolute Gasteiger partial charge is 0.281 e. The highest BCUT2D eigenvalue weighted by Crippen LogP contribution is 2.50. The van der Waals surface area contributed by atoms with Gasteiger partial charge in [0.05, 0.1) is 19.1 Å². The van der Waals surface area contributed by atoms with Crippen molar-refractivity contribution in [3.05, 3.63) is 80.8 Å². The number of benzene rings is 2. The lowest BCUT2D eigenvalue weighted by atomic mass is 9.94. The first-order valence-corrected chi connectivity index (χ1v) is 14.1. The number of amides is 2. The van der Waals surface area contributed by atoms with Gasteiger partial charge in [-0.2, -0.15) is 0 Å². The van der Waals surface area contributed by atoms with E-state index >= 15 is 0 Å². The maximum absolute atomic E-state index is 14.0. The van der Waals surface area contributed by atoms with Gasteiger partial charge in [-0.1, -0.05) is 35.9 Å². The number of carbonyl (C=O) groups is 2. The molecule has 10 heteroatoms. The van der Waals surface area contributed by atoms with Gasteiger partial charge < -0.3 is 9.64 Å². The van der Waals surface area contributed by atoms with Gasteiger partial charge in [0, 0.05) is 29.1 Å². The van der Waals surface area contributed by atoms with Gasteiger partial charge >= 0.3 is 0 Å². The van der Waals surface area contributed by atoms with Crippen LogP contribution in [0.1, 0.15) is 45.9 Å². The van der Waals surface area contributed by atoms with Crippen molar-refractivity contribution in [2.75, 3.05) is 27.7 Å². The van der Waals surface area contributed by atoms with Gasteiger partial charge in [-0.05, 0) is 75.2 Å². The molecule has 1 heterocycles. The number of aryl methyl sites for hydroxylation is 1. The van der Waals surface area contributed by atoms with E-state index in [1.807, 2.05) is 61.5 Å². The van der Waals surface area contributed by atoms with Crippen molar-refractivity contribution in [3.8, 4) is 5.75 Å². The second-order valence-corrected chi connectivity index (χ2v) is 11.7. The van der Waals surface area contributed by atoms with Crippen molar-refractivity contribution >= 4 is 46.9 Å². The van der Waals surface area contributed by atoms with E-state index in [-0.39, 0.29) is 11.8 Å². The Kier molecular flexibility index (Phi) is 9.13. The molecule has 1 aromatic heterocycles. The summed E-state index contributed by atoms with van der Waals surface area (Å²) in [5.74, 6) is 0.622. The zero-order chi connectivity index (χ0) is 26.4. The zero-order valence-electron chi connectivity index (χ0n) is 21.2. The third kappa shape index (κ3) is 7.04. The topological polar surface area (TPSA) is 74.8 Å². The van der Waals surface area contributed by atoms with Crippen molar-refractivity contribution in [1.82, 2.24) is 18.9 Å². The Labute approximate surface area is 231 Å². The maximum Gasteiger partial charge on any atom is 0.281 e. The average Bonchev–Trinajstić information content (AvgIpc) is 3.57. The summed E-state index contributed by atoms with van der Waals surface area (Å²) in [4.78, 5) is 32.8. The largest absolute Gasteiger partial charge is 0.497 e. The third-order valence-corrected chi connectivity index (χ3v) is 8.01. The second kappa shape index (κ2) is 12.3. The number of aromatic nitrogens is 1. The number of rotatable bonds is 12. The number of hydrogen-bond donors (Lipinski definition) is 1. The van der Waals surface area contributed by atoms with Gasteiger partial charge in [0.25, 0.3) is 5.91 Å². The summed E-state index contributed by atoms with van der Waals surface area (Å²) < 4.78 is 9.84. The molecular formula is C27H31ClN4O3S2. The Morgan fingerprint density at radius 1 is 1.19 bits per heavy atom. The first kappa shape index (κ1) is 27.4. The van der Waals surface area contributed by atoms with Crippen molar-refractivity contribution in [3.63, 3.8) is 0 Å². The van der Waals surface area contributed by atoms with Crippen LogP contribution in [0.2, 0.25) is 5.02 Å². The quantitative estimate of drug-likeness (QED) is 0.302. The fourth-order valence-corrected chi connectivity index (χ4v) is 5.59. The summed E-state index contributed by atoms with van der Waals surface area (Å²) in [6, 6.07) is 15.6. The number of hydrogen-bond acceptors (Lipinski definition) is 7. The van der Waals surface area contributed by atoms with E-state index in [0.717, 1.165) is 47.6 Å². The molecule has 1 aliphatic carbocycles. The molecule has 1 fully saturated rings. The lowest BCUT2D eigenvalue weighted by molar-refractivity contribution is -0.134. The van der Waals surface area contributed by atoms with Gasteiger partial charge in [-0.25, -0.2) is 9.29 Å². The Bertz CT molecular complexity index is 1230. The monoisotopic (exact) mass is 558 g/mol. The van der Waals surface area contributed by atoms with E-state index in [4.69, 9.17) is 16.3 Å². The molecule has 37 heavy (non-hydrogen) atoms. The van der Waals surface area contributed by atoms with Crippen LogP contribution < -0.4 is 9.46 Å². The Morgan fingerprint density at radius 3 is 2.59 bits per heavy atom. The van der Waals surface area contributed by atoms with Crippen molar-refractivity contribution in [2.45, 2.75) is 37.6 Å². The number of nitrogens with zero attached hydrogens (tertiary/aromatic N) is 3. The second-order valence-electron chi connectivity index (χ2n) is 9.23. The van der Waals surface area contributed by atoms with E-state index in [2.05, 4.69) is 15.8 Å². The van der Waals surface area contributed by atoms with Crippen LogP contribution in [0, 0.1) is 0 Å². The van der Waals surface area contributed by atoms with E-state index in [1.165, 1.54) is 23.5 Å². The van der Waals surface area contributed by atoms with Crippen molar-refractivity contribution < 1.29 is 14.3 Å². The van der Waals surface area contributed by atoms with E-state index < -0.39 is 5.41 Å². The normalized spacial score (nSPS) is 13.9. The molecule has 2 amide bonds. The van der Waals surface area contributed by atoms with E-state index in [1.54, 1.807) is 16.8 Å². The molecule has 0 spiro atoms. The van der Waals surface area contributed by atoms with Gasteiger partial charge in [0.2, 0.25) is 5.91 Å². The highest BCUT2D eigenvalue weighted by Gasteiger charge is 2.53. The number of nitrogens with one attached hydrogen (secondary N) is 1. The maximum atomic E-state index is 14.0. The summed E-state index contributed by atoms with van der Waals surface area (Å²) in [6.45, 7) is 0.950. The summed E-state index contributed by atoms with van der Waals surface area (Å²) in [7, 11) is 5.33. The molecule has 3 aromatic rings. The molecule has 1 aliphatic rings. The molecule has 1 saturated carbocycles. The SMILES string of the molecule is COc1ccc(C2(C(=O)N(CCCc3cccc(Cl)c3)Cc3nc(C(=O)NSN(C)C)cs3)CC2)cc1. The third-order valence-electron chi connectivity index (χ3n) is 6.30. The molecule has 0 saturated heterocycles. The van der Waals surface area contributed by atoms with Gasteiger partial charge in [-0.3, -0.25) is 14.3 Å². The number of thiazole rings is 1. The molecular weight excluding hydrogens is 528 g/mol. The van der Waals surface area contributed by atoms with Gasteiger partial charge in [-0.15, -0.1) is 11.3 Å². The molecule has 0 aliphatic heterocycles. The molecule has 0 unspecified atom stereocenters. The Hall–Kier alpha value is -2.59. The molecule has 4 rings (SSSR count). The highest BCUT2D eigenvalue weighted by molar-refractivity contribution is 7.95. The lowest BCUT2D eigenvalue weighted by Crippen LogP contribution is -2.39. The fraction of sp³-hybridized carbons (Fsp3) is 0.370. The van der Waals surface area contributed by atoms with Crippen LogP contribution in [0.25, 0.3) is 0 Å². The first-order chi connectivity index (χ1) is 17.8. The van der Waals surface area contributed by atoms with Crippen LogP contribution in [0.4, 0.5) is 0 Å². The summed E-state index contributed by atoms with van der Waals surface area (Å²) in [5.41, 5.74) is 2.00. The minimum Gasteiger partial charge on any atom is -0.497 e. The molecule has 0 radical (unpaired) electrons. The Morgan fingerprint density at radius 2 is 1.95 bits per heavy atom. The predicted molar refractivity (Wildman–Crippen MR) is 150 cm³/mol. The number of halogens is 1. The molecule has 2 aromatic carbocycles. The molecule has 0 bridgehead atoms. The molecule has 1 N–H and O–H groups in total. The highest BCUT2D eigenvalue weighted by atomic mass is 35.5. The van der Waals surface area contributed by atoms with Gasteiger partial charge in [0.1, 0.15) is 16.5 Å². The molecule has 0 atom stereocenters. The minimum absolute atomic E-state index is 0.105. The summed E-state index contributed by atoms with van der Waals surface area (Å²) >= 11 is 8.75. The van der Waals surface area contributed by atoms with Gasteiger partial charge in [0.15, 0.2) is 0 Å². The predicted octanol–water partition coefficient (Wildman–Crippen LogP) is 5.35. The summed E-state index contributed by atoms with van der Waals surface area (Å²) in [5, 5.41) is 3.19. The zero-order valence-corrected chi connectivity index (χ0v) is 23.6. The fourth-order valence-electron chi connectivity index (χ4n) is 4.22. The molecule has 196 valence electrons.